The average molecular weight is 338 g/mol. The molecule has 2 aromatic rings. The number of anilines is 1. The summed E-state index contributed by atoms with van der Waals surface area (Å²) in [5.41, 5.74) is 2.51. The largest absolute Gasteiger partial charge is 0.497 e. The van der Waals surface area contributed by atoms with Crippen LogP contribution in [-0.2, 0) is 4.79 Å². The number of carbonyl (C=O) groups excluding carboxylic acids is 1. The maximum Gasteiger partial charge on any atom is 0.243 e. The van der Waals surface area contributed by atoms with Crippen LogP contribution in [0.4, 0.5) is 5.95 Å². The highest BCUT2D eigenvalue weighted by molar-refractivity contribution is 5.93. The van der Waals surface area contributed by atoms with E-state index in [2.05, 4.69) is 38.4 Å². The van der Waals surface area contributed by atoms with E-state index in [1.807, 2.05) is 19.1 Å². The predicted octanol–water partition coefficient (Wildman–Crippen LogP) is 2.60. The molecule has 0 fully saturated rings. The maximum atomic E-state index is 12.4. The Morgan fingerprint density at radius 3 is 2.56 bits per heavy atom. The molecule has 1 aliphatic rings. The second kappa shape index (κ2) is 7.90. The maximum absolute atomic E-state index is 12.4. The fourth-order valence-corrected chi connectivity index (χ4v) is 2.85. The predicted molar refractivity (Wildman–Crippen MR) is 97.3 cm³/mol. The van der Waals surface area contributed by atoms with E-state index in [1.165, 1.54) is 11.1 Å². The Morgan fingerprint density at radius 2 is 1.96 bits per heavy atom. The minimum atomic E-state index is -0.238. The number of hydrogen-bond acceptors (Lipinski definition) is 5. The second-order valence-corrected chi connectivity index (χ2v) is 5.94. The first kappa shape index (κ1) is 17.1. The molecule has 3 rings (SSSR count). The van der Waals surface area contributed by atoms with Crippen LogP contribution in [0.5, 0.6) is 5.75 Å². The van der Waals surface area contributed by atoms with E-state index in [9.17, 15) is 4.79 Å². The third-order valence-electron chi connectivity index (χ3n) is 4.43. The highest BCUT2D eigenvalue weighted by atomic mass is 16.5. The van der Waals surface area contributed by atoms with Crippen molar-refractivity contribution < 1.29 is 9.53 Å². The minimum absolute atomic E-state index is 0.0903. The smallest absolute Gasteiger partial charge is 0.243 e. The summed E-state index contributed by atoms with van der Waals surface area (Å²) in [5, 5.41) is 2.76. The lowest BCUT2D eigenvalue weighted by Gasteiger charge is -2.30. The first-order chi connectivity index (χ1) is 12.2. The summed E-state index contributed by atoms with van der Waals surface area (Å²) in [6.07, 6.45) is 6.32. The first-order valence-electron chi connectivity index (χ1n) is 8.33. The number of amides is 1. The SMILES string of the molecule is COc1ccc(C2=CCN([C@@H](C)C(=O)Nc3ncccn3)CC2)cc1. The minimum Gasteiger partial charge on any atom is -0.497 e. The van der Waals surface area contributed by atoms with Gasteiger partial charge in [-0.15, -0.1) is 0 Å². The van der Waals surface area contributed by atoms with Crippen molar-refractivity contribution in [1.82, 2.24) is 14.9 Å². The molecule has 0 bridgehead atoms. The summed E-state index contributed by atoms with van der Waals surface area (Å²) in [6.45, 7) is 3.48. The monoisotopic (exact) mass is 338 g/mol. The summed E-state index contributed by atoms with van der Waals surface area (Å²) >= 11 is 0. The normalized spacial score (nSPS) is 16.0. The summed E-state index contributed by atoms with van der Waals surface area (Å²) in [4.78, 5) is 22.6. The van der Waals surface area contributed by atoms with Crippen molar-refractivity contribution in [3.05, 3.63) is 54.4 Å². The van der Waals surface area contributed by atoms with Crippen LogP contribution in [0.2, 0.25) is 0 Å². The highest BCUT2D eigenvalue weighted by Crippen LogP contribution is 2.25. The van der Waals surface area contributed by atoms with Crippen LogP contribution in [0.15, 0.2) is 48.8 Å². The molecule has 2 heterocycles. The first-order valence-corrected chi connectivity index (χ1v) is 8.33. The molecule has 1 N–H and O–H groups in total. The number of carbonyl (C=O) groups is 1. The molecule has 1 aromatic heterocycles. The van der Waals surface area contributed by atoms with Gasteiger partial charge in [-0.1, -0.05) is 18.2 Å². The molecule has 6 nitrogen and oxygen atoms in total. The molecule has 1 aromatic carbocycles. The van der Waals surface area contributed by atoms with Gasteiger partial charge >= 0.3 is 0 Å². The van der Waals surface area contributed by atoms with Gasteiger partial charge in [-0.25, -0.2) is 9.97 Å². The molecule has 0 spiro atoms. The lowest BCUT2D eigenvalue weighted by Crippen LogP contribution is -2.44. The van der Waals surface area contributed by atoms with Gasteiger partial charge in [0.1, 0.15) is 5.75 Å². The van der Waals surface area contributed by atoms with Gasteiger partial charge in [0, 0.05) is 25.5 Å². The Labute approximate surface area is 147 Å². The zero-order valence-electron chi connectivity index (χ0n) is 14.5. The fourth-order valence-electron chi connectivity index (χ4n) is 2.85. The van der Waals surface area contributed by atoms with Crippen molar-refractivity contribution in [2.24, 2.45) is 0 Å². The van der Waals surface area contributed by atoms with Crippen molar-refractivity contribution in [3.63, 3.8) is 0 Å². The molecule has 25 heavy (non-hydrogen) atoms. The van der Waals surface area contributed by atoms with E-state index in [-0.39, 0.29) is 11.9 Å². The van der Waals surface area contributed by atoms with Crippen LogP contribution >= 0.6 is 0 Å². The number of nitrogens with zero attached hydrogens (tertiary/aromatic N) is 3. The van der Waals surface area contributed by atoms with E-state index in [0.717, 1.165) is 25.3 Å². The van der Waals surface area contributed by atoms with Gasteiger partial charge in [0.15, 0.2) is 0 Å². The number of aromatic nitrogens is 2. The third-order valence-corrected chi connectivity index (χ3v) is 4.43. The Balaban J connectivity index is 1.60. The molecule has 0 saturated carbocycles. The van der Waals surface area contributed by atoms with Gasteiger partial charge in [-0.05, 0) is 42.7 Å². The number of nitrogens with one attached hydrogen (secondary N) is 1. The van der Waals surface area contributed by atoms with Crippen molar-refractivity contribution >= 4 is 17.4 Å². The Hall–Kier alpha value is -2.73. The molecule has 0 aliphatic carbocycles. The van der Waals surface area contributed by atoms with Gasteiger partial charge in [-0.2, -0.15) is 0 Å². The Bertz CT molecular complexity index is 744. The zero-order chi connectivity index (χ0) is 17.6. The second-order valence-electron chi connectivity index (χ2n) is 5.94. The molecule has 0 unspecified atom stereocenters. The van der Waals surface area contributed by atoms with E-state index < -0.39 is 0 Å². The molecule has 6 heteroatoms. The Kier molecular flexibility index (Phi) is 5.40. The molecule has 1 amide bonds. The zero-order valence-corrected chi connectivity index (χ0v) is 14.5. The highest BCUT2D eigenvalue weighted by Gasteiger charge is 2.24. The van der Waals surface area contributed by atoms with Crippen LogP contribution in [0.25, 0.3) is 5.57 Å². The van der Waals surface area contributed by atoms with Gasteiger partial charge in [0.2, 0.25) is 11.9 Å². The fraction of sp³-hybridized carbons (Fsp3) is 0.316. The van der Waals surface area contributed by atoms with Crippen molar-refractivity contribution in [1.29, 1.82) is 0 Å². The molecule has 1 aliphatic heterocycles. The van der Waals surface area contributed by atoms with Gasteiger partial charge < -0.3 is 4.74 Å². The van der Waals surface area contributed by atoms with E-state index >= 15 is 0 Å². The van der Waals surface area contributed by atoms with Crippen molar-refractivity contribution in [2.45, 2.75) is 19.4 Å². The molecule has 0 saturated heterocycles. The average Bonchev–Trinajstić information content (AvgIpc) is 2.68. The van der Waals surface area contributed by atoms with Crippen LogP contribution in [-0.4, -0.2) is 47.0 Å². The van der Waals surface area contributed by atoms with Crippen molar-refractivity contribution in [3.8, 4) is 5.75 Å². The van der Waals surface area contributed by atoms with Gasteiger partial charge in [0.25, 0.3) is 0 Å². The number of hydrogen-bond donors (Lipinski definition) is 1. The molecule has 1 atom stereocenters. The quantitative estimate of drug-likeness (QED) is 0.908. The topological polar surface area (TPSA) is 67.3 Å². The lowest BCUT2D eigenvalue weighted by atomic mass is 9.98. The van der Waals surface area contributed by atoms with Crippen LogP contribution in [0, 0.1) is 0 Å². The summed E-state index contributed by atoms with van der Waals surface area (Å²) in [7, 11) is 1.67. The van der Waals surface area contributed by atoms with Crippen LogP contribution in [0.1, 0.15) is 18.9 Å². The molecule has 130 valence electrons. The molecular weight excluding hydrogens is 316 g/mol. The van der Waals surface area contributed by atoms with E-state index in [4.69, 9.17) is 4.74 Å². The standard InChI is InChI=1S/C19H22N4O2/c1-14(18(24)22-19-20-10-3-11-21-19)23-12-8-16(9-13-23)15-4-6-17(25-2)7-5-15/h3-8,10-11,14H,9,12-13H2,1-2H3,(H,20,21,22,24)/t14-/m0/s1. The van der Waals surface area contributed by atoms with Crippen LogP contribution < -0.4 is 10.1 Å². The summed E-state index contributed by atoms with van der Waals surface area (Å²) < 4.78 is 5.20. The molecular formula is C19H22N4O2. The van der Waals surface area contributed by atoms with E-state index in [0.29, 0.717) is 5.95 Å². The lowest BCUT2D eigenvalue weighted by molar-refractivity contribution is -0.120. The third kappa shape index (κ3) is 4.22. The van der Waals surface area contributed by atoms with Gasteiger partial charge in [-0.3, -0.25) is 15.0 Å². The van der Waals surface area contributed by atoms with E-state index in [1.54, 1.807) is 25.6 Å². The number of ether oxygens (including phenoxy) is 1. The molecule has 0 radical (unpaired) electrons. The van der Waals surface area contributed by atoms with Crippen molar-refractivity contribution in [2.75, 3.05) is 25.5 Å². The summed E-state index contributed by atoms with van der Waals surface area (Å²) in [6, 6.07) is 9.57. The number of benzene rings is 1. The number of methoxy groups -OCH3 is 1. The van der Waals surface area contributed by atoms with Crippen LogP contribution in [0.3, 0.4) is 0 Å². The number of rotatable bonds is 5. The van der Waals surface area contributed by atoms with Gasteiger partial charge in [0.05, 0.1) is 13.2 Å². The summed E-state index contributed by atoms with van der Waals surface area (Å²) in [5.74, 6) is 1.11. The Morgan fingerprint density at radius 1 is 1.24 bits per heavy atom.